The Hall–Kier alpha value is -2.78. The van der Waals surface area contributed by atoms with Crippen molar-refractivity contribution < 1.29 is 17.6 Å². The zero-order valence-electron chi connectivity index (χ0n) is 16.4. The normalized spacial score (nSPS) is 15.7. The Kier molecular flexibility index (Phi) is 5.10. The van der Waals surface area contributed by atoms with E-state index in [4.69, 9.17) is 9.15 Å². The van der Waals surface area contributed by atoms with Crippen LogP contribution >= 0.6 is 0 Å². The quantitative estimate of drug-likeness (QED) is 0.632. The number of anilines is 1. The highest BCUT2D eigenvalue weighted by molar-refractivity contribution is 7.89. The topological polar surface area (TPSA) is 85.0 Å². The average Bonchev–Trinajstić information content (AvgIpc) is 3.07. The highest BCUT2D eigenvalue weighted by Crippen LogP contribution is 2.29. The van der Waals surface area contributed by atoms with E-state index in [0.717, 1.165) is 11.4 Å². The summed E-state index contributed by atoms with van der Waals surface area (Å²) in [7, 11) is -2.06. The van der Waals surface area contributed by atoms with Crippen LogP contribution in [0.15, 0.2) is 56.6 Å². The number of aromatic nitrogens is 1. The molecule has 0 N–H and O–H groups in total. The fourth-order valence-corrected chi connectivity index (χ4v) is 5.15. The number of sulfonamides is 1. The maximum atomic E-state index is 13.1. The van der Waals surface area contributed by atoms with Gasteiger partial charge in [0.1, 0.15) is 5.75 Å². The summed E-state index contributed by atoms with van der Waals surface area (Å²) in [6.07, 6.45) is 0. The minimum atomic E-state index is -3.68. The second-order valence-electron chi connectivity index (χ2n) is 6.80. The van der Waals surface area contributed by atoms with Crippen molar-refractivity contribution in [3.63, 3.8) is 0 Å². The number of hydrogen-bond donors (Lipinski definition) is 0. The minimum absolute atomic E-state index is 0.132. The highest BCUT2D eigenvalue weighted by atomic mass is 32.2. The molecule has 0 unspecified atom stereocenters. The van der Waals surface area contributed by atoms with Gasteiger partial charge in [0.25, 0.3) is 0 Å². The Morgan fingerprint density at radius 2 is 1.79 bits per heavy atom. The van der Waals surface area contributed by atoms with Crippen LogP contribution in [0.25, 0.3) is 11.1 Å². The molecule has 1 aliphatic rings. The first-order valence-electron chi connectivity index (χ1n) is 9.47. The molecule has 2 heterocycles. The van der Waals surface area contributed by atoms with E-state index < -0.39 is 15.8 Å². The number of hydrogen-bond acceptors (Lipinski definition) is 6. The third-order valence-electron chi connectivity index (χ3n) is 5.26. The Morgan fingerprint density at radius 3 is 2.48 bits per heavy atom. The van der Waals surface area contributed by atoms with Crippen molar-refractivity contribution in [2.75, 3.05) is 38.2 Å². The zero-order valence-corrected chi connectivity index (χ0v) is 17.2. The van der Waals surface area contributed by atoms with Crippen LogP contribution < -0.4 is 15.4 Å². The van der Waals surface area contributed by atoms with Crippen molar-refractivity contribution in [1.29, 1.82) is 0 Å². The summed E-state index contributed by atoms with van der Waals surface area (Å²) in [5.74, 6) is 0.284. The van der Waals surface area contributed by atoms with Crippen LogP contribution in [0.3, 0.4) is 0 Å². The van der Waals surface area contributed by atoms with Crippen molar-refractivity contribution in [2.45, 2.75) is 18.4 Å². The summed E-state index contributed by atoms with van der Waals surface area (Å²) >= 11 is 0. The second-order valence-corrected chi connectivity index (χ2v) is 8.74. The molecule has 1 saturated heterocycles. The van der Waals surface area contributed by atoms with Gasteiger partial charge in [0.15, 0.2) is 5.58 Å². The van der Waals surface area contributed by atoms with Gasteiger partial charge in [-0.15, -0.1) is 0 Å². The summed E-state index contributed by atoms with van der Waals surface area (Å²) in [6, 6.07) is 12.3. The largest absolute Gasteiger partial charge is 0.495 e. The molecule has 0 saturated carbocycles. The van der Waals surface area contributed by atoms with Crippen LogP contribution in [0.5, 0.6) is 5.75 Å². The van der Waals surface area contributed by atoms with E-state index in [1.807, 2.05) is 31.2 Å². The highest BCUT2D eigenvalue weighted by Gasteiger charge is 2.30. The Bertz CT molecular complexity index is 1190. The third kappa shape index (κ3) is 3.40. The first kappa shape index (κ1) is 19.5. The monoisotopic (exact) mass is 417 g/mol. The molecule has 0 radical (unpaired) electrons. The van der Waals surface area contributed by atoms with Crippen molar-refractivity contribution in [1.82, 2.24) is 8.87 Å². The number of nitrogens with zero attached hydrogens (tertiary/aromatic N) is 3. The van der Waals surface area contributed by atoms with Crippen LogP contribution in [-0.2, 0) is 16.6 Å². The van der Waals surface area contributed by atoms with E-state index in [9.17, 15) is 13.2 Å². The van der Waals surface area contributed by atoms with Crippen molar-refractivity contribution in [3.05, 3.63) is 53.0 Å². The zero-order chi connectivity index (χ0) is 20.6. The number of oxazole rings is 1. The lowest BCUT2D eigenvalue weighted by molar-refractivity contribution is 0.378. The molecule has 0 spiro atoms. The molecular weight excluding hydrogens is 394 g/mol. The maximum absolute atomic E-state index is 13.1. The second kappa shape index (κ2) is 7.57. The van der Waals surface area contributed by atoms with Crippen LogP contribution in [-0.4, -0.2) is 50.6 Å². The molecule has 0 bridgehead atoms. The van der Waals surface area contributed by atoms with E-state index >= 15 is 0 Å². The fraction of sp³-hybridized carbons (Fsp3) is 0.350. The molecule has 29 heavy (non-hydrogen) atoms. The molecular formula is C20H23N3O5S. The number of fused-ring (bicyclic) bond motifs is 1. The lowest BCUT2D eigenvalue weighted by Crippen LogP contribution is -2.48. The van der Waals surface area contributed by atoms with Crippen LogP contribution in [0.4, 0.5) is 5.69 Å². The first-order chi connectivity index (χ1) is 14.0. The summed E-state index contributed by atoms with van der Waals surface area (Å²) in [5.41, 5.74) is 1.83. The van der Waals surface area contributed by atoms with Gasteiger partial charge >= 0.3 is 5.76 Å². The van der Waals surface area contributed by atoms with Gasteiger partial charge in [-0.25, -0.2) is 13.2 Å². The lowest BCUT2D eigenvalue weighted by atomic mass is 10.2. The summed E-state index contributed by atoms with van der Waals surface area (Å²) in [5, 5.41) is 0. The average molecular weight is 417 g/mol. The molecule has 0 aliphatic carbocycles. The van der Waals surface area contributed by atoms with Gasteiger partial charge in [-0.1, -0.05) is 12.1 Å². The Morgan fingerprint density at radius 1 is 1.07 bits per heavy atom. The summed E-state index contributed by atoms with van der Waals surface area (Å²) in [6.45, 7) is 4.13. The van der Waals surface area contributed by atoms with Gasteiger partial charge in [0.2, 0.25) is 10.0 Å². The molecule has 0 atom stereocenters. The van der Waals surface area contributed by atoms with Gasteiger partial charge in [0, 0.05) is 38.8 Å². The van der Waals surface area contributed by atoms with Gasteiger partial charge < -0.3 is 14.1 Å². The van der Waals surface area contributed by atoms with Crippen molar-refractivity contribution >= 4 is 26.8 Å². The molecule has 9 heteroatoms. The lowest BCUT2D eigenvalue weighted by Gasteiger charge is -2.35. The number of ether oxygens (including phenoxy) is 1. The fourth-order valence-electron chi connectivity index (χ4n) is 3.72. The molecule has 1 fully saturated rings. The number of benzene rings is 2. The van der Waals surface area contributed by atoms with E-state index in [-0.39, 0.29) is 10.5 Å². The van der Waals surface area contributed by atoms with Crippen LogP contribution in [0, 0.1) is 0 Å². The number of aryl methyl sites for hydroxylation is 1. The molecule has 2 aromatic carbocycles. The molecule has 1 aliphatic heterocycles. The van der Waals surface area contributed by atoms with E-state index in [1.165, 1.54) is 21.0 Å². The van der Waals surface area contributed by atoms with Crippen molar-refractivity contribution in [2.24, 2.45) is 0 Å². The van der Waals surface area contributed by atoms with Crippen molar-refractivity contribution in [3.8, 4) is 5.75 Å². The Balaban J connectivity index is 1.56. The predicted octanol–water partition coefficient (Wildman–Crippen LogP) is 2.13. The Labute approximate surface area is 168 Å². The van der Waals surface area contributed by atoms with Crippen LogP contribution in [0.2, 0.25) is 0 Å². The summed E-state index contributed by atoms with van der Waals surface area (Å²) < 4.78 is 39.8. The third-order valence-corrected chi connectivity index (χ3v) is 7.15. The molecule has 0 amide bonds. The van der Waals surface area contributed by atoms with E-state index in [1.54, 1.807) is 13.2 Å². The standard InChI is InChI=1S/C20H23N3O5S/c1-3-23-17-9-8-15(14-19(17)28-20(23)24)29(25,26)22-12-10-21(11-13-22)16-6-4-5-7-18(16)27-2/h4-9,14H,3,10-13H2,1-2H3. The van der Waals surface area contributed by atoms with E-state index in [2.05, 4.69) is 4.90 Å². The number of piperazine rings is 1. The number of methoxy groups -OCH3 is 1. The molecule has 154 valence electrons. The van der Waals surface area contributed by atoms with Gasteiger partial charge in [-0.05, 0) is 31.2 Å². The smallest absolute Gasteiger partial charge is 0.419 e. The molecule has 8 nitrogen and oxygen atoms in total. The molecule has 4 rings (SSSR count). The summed E-state index contributed by atoms with van der Waals surface area (Å²) in [4.78, 5) is 14.1. The molecule has 3 aromatic rings. The van der Waals surface area contributed by atoms with Gasteiger partial charge in [0.05, 0.1) is 23.2 Å². The van der Waals surface area contributed by atoms with Gasteiger partial charge in [-0.3, -0.25) is 4.57 Å². The van der Waals surface area contributed by atoms with E-state index in [0.29, 0.717) is 38.2 Å². The number of rotatable bonds is 5. The molecule has 1 aromatic heterocycles. The first-order valence-corrected chi connectivity index (χ1v) is 10.9. The minimum Gasteiger partial charge on any atom is -0.495 e. The predicted molar refractivity (Wildman–Crippen MR) is 110 cm³/mol. The number of para-hydroxylation sites is 2. The SMILES string of the molecule is CCn1c(=O)oc2cc(S(=O)(=O)N3CCN(c4ccccc4OC)CC3)ccc21. The maximum Gasteiger partial charge on any atom is 0.419 e. The van der Waals surface area contributed by atoms with Gasteiger partial charge in [-0.2, -0.15) is 4.31 Å². The van der Waals surface area contributed by atoms with Crippen LogP contribution in [0.1, 0.15) is 6.92 Å².